The summed E-state index contributed by atoms with van der Waals surface area (Å²) in [6, 6.07) is 15.8. The Morgan fingerprint density at radius 3 is 2.57 bits per heavy atom. The summed E-state index contributed by atoms with van der Waals surface area (Å²) in [6.07, 6.45) is 0. The van der Waals surface area contributed by atoms with Gasteiger partial charge >= 0.3 is 5.97 Å². The zero-order chi connectivity index (χ0) is 16.7. The van der Waals surface area contributed by atoms with Crippen molar-refractivity contribution in [1.29, 1.82) is 5.26 Å². The average Bonchev–Trinajstić information content (AvgIpc) is 2.58. The number of nitrogens with two attached hydrogens (primary N) is 1. The monoisotopic (exact) mass is 326 g/mol. The number of amides is 1. The molecule has 2 N–H and O–H groups in total. The van der Waals surface area contributed by atoms with E-state index in [9.17, 15) is 9.59 Å². The Morgan fingerprint density at radius 2 is 1.83 bits per heavy atom. The Hall–Kier alpha value is -2.78. The van der Waals surface area contributed by atoms with Crippen molar-refractivity contribution in [2.75, 3.05) is 5.75 Å². The largest absolute Gasteiger partial charge is 0.457 e. The van der Waals surface area contributed by atoms with Crippen molar-refractivity contribution < 1.29 is 14.3 Å². The van der Waals surface area contributed by atoms with Gasteiger partial charge in [0.05, 0.1) is 22.9 Å². The third kappa shape index (κ3) is 4.59. The highest BCUT2D eigenvalue weighted by Gasteiger charge is 2.14. The molecule has 116 valence electrons. The fourth-order valence-electron chi connectivity index (χ4n) is 1.89. The van der Waals surface area contributed by atoms with E-state index in [4.69, 9.17) is 15.7 Å². The van der Waals surface area contributed by atoms with Crippen LogP contribution < -0.4 is 5.73 Å². The Kier molecular flexibility index (Phi) is 5.78. The molecule has 2 rings (SSSR count). The summed E-state index contributed by atoms with van der Waals surface area (Å²) >= 11 is 1.19. The number of thioether (sulfide) groups is 1. The quantitative estimate of drug-likeness (QED) is 0.650. The molecule has 0 heterocycles. The van der Waals surface area contributed by atoms with Gasteiger partial charge in [0.1, 0.15) is 6.61 Å². The third-order valence-electron chi connectivity index (χ3n) is 2.97. The molecule has 0 atom stereocenters. The first-order valence-electron chi connectivity index (χ1n) is 6.77. The summed E-state index contributed by atoms with van der Waals surface area (Å²) in [5.74, 6) is -0.881. The van der Waals surface area contributed by atoms with Crippen molar-refractivity contribution in [2.24, 2.45) is 5.73 Å². The van der Waals surface area contributed by atoms with Gasteiger partial charge in [-0.1, -0.05) is 30.3 Å². The van der Waals surface area contributed by atoms with Gasteiger partial charge in [0.2, 0.25) is 5.91 Å². The summed E-state index contributed by atoms with van der Waals surface area (Å²) in [6.45, 7) is 0.0113. The van der Waals surface area contributed by atoms with E-state index >= 15 is 0 Å². The summed E-state index contributed by atoms with van der Waals surface area (Å²) in [7, 11) is 0. The van der Waals surface area contributed by atoms with Gasteiger partial charge in [-0.15, -0.1) is 11.8 Å². The molecule has 0 unspecified atom stereocenters. The van der Waals surface area contributed by atoms with Crippen LogP contribution in [-0.2, 0) is 16.1 Å². The summed E-state index contributed by atoms with van der Waals surface area (Å²) in [4.78, 5) is 23.8. The number of carbonyl (C=O) groups excluding carboxylic acids is 2. The maximum Gasteiger partial charge on any atom is 0.339 e. The Bertz CT molecular complexity index is 768. The lowest BCUT2D eigenvalue weighted by molar-refractivity contribution is -0.115. The van der Waals surface area contributed by atoms with Crippen LogP contribution in [0.15, 0.2) is 53.4 Å². The molecule has 0 saturated heterocycles. The maximum absolute atomic E-state index is 12.2. The topological polar surface area (TPSA) is 93.2 Å². The van der Waals surface area contributed by atoms with E-state index < -0.39 is 11.9 Å². The normalized spacial score (nSPS) is 9.87. The standard InChI is InChI=1S/C17H14N2O3S/c18-9-12-5-1-2-6-13(12)10-22-17(21)14-7-3-4-8-15(14)23-11-16(19)20/h1-8H,10-11H2,(H2,19,20). The SMILES string of the molecule is N#Cc1ccccc1COC(=O)c1ccccc1SCC(N)=O. The summed E-state index contributed by atoms with van der Waals surface area (Å²) in [5, 5.41) is 9.03. The van der Waals surface area contributed by atoms with E-state index in [-0.39, 0.29) is 12.4 Å². The number of ether oxygens (including phenoxy) is 1. The van der Waals surface area contributed by atoms with Crippen LogP contribution in [0.2, 0.25) is 0 Å². The van der Waals surface area contributed by atoms with Gasteiger partial charge in [0.15, 0.2) is 0 Å². The zero-order valence-electron chi connectivity index (χ0n) is 12.2. The molecule has 0 radical (unpaired) electrons. The van der Waals surface area contributed by atoms with Gasteiger partial charge in [-0.2, -0.15) is 5.26 Å². The van der Waals surface area contributed by atoms with Crippen LogP contribution in [0.1, 0.15) is 21.5 Å². The van der Waals surface area contributed by atoms with Gasteiger partial charge < -0.3 is 10.5 Å². The number of esters is 1. The first-order valence-corrected chi connectivity index (χ1v) is 7.75. The van der Waals surface area contributed by atoms with Gasteiger partial charge in [-0.05, 0) is 18.2 Å². The second-order valence-electron chi connectivity index (χ2n) is 4.60. The van der Waals surface area contributed by atoms with Crippen LogP contribution in [-0.4, -0.2) is 17.6 Å². The molecule has 0 fully saturated rings. The maximum atomic E-state index is 12.2. The number of hydrogen-bond donors (Lipinski definition) is 1. The number of rotatable bonds is 6. The number of primary amides is 1. The van der Waals surface area contributed by atoms with Gasteiger partial charge in [0, 0.05) is 10.5 Å². The minimum atomic E-state index is -0.509. The number of nitriles is 1. The molecule has 0 aliphatic heterocycles. The lowest BCUT2D eigenvalue weighted by Crippen LogP contribution is -2.14. The van der Waals surface area contributed by atoms with Crippen LogP contribution in [0.25, 0.3) is 0 Å². The van der Waals surface area contributed by atoms with Crippen LogP contribution in [0.3, 0.4) is 0 Å². The summed E-state index contributed by atoms with van der Waals surface area (Å²) < 4.78 is 5.28. The Balaban J connectivity index is 2.09. The number of nitrogens with zero attached hydrogens (tertiary/aromatic N) is 1. The molecule has 0 aliphatic carbocycles. The fourth-order valence-corrected chi connectivity index (χ4v) is 2.67. The van der Waals surface area contributed by atoms with E-state index in [1.165, 1.54) is 11.8 Å². The fraction of sp³-hybridized carbons (Fsp3) is 0.118. The van der Waals surface area contributed by atoms with Crippen LogP contribution in [0.5, 0.6) is 0 Å². The van der Waals surface area contributed by atoms with E-state index in [0.717, 1.165) is 0 Å². The molecule has 1 amide bonds. The molecular weight excluding hydrogens is 312 g/mol. The van der Waals surface area contributed by atoms with Crippen molar-refractivity contribution in [3.05, 3.63) is 65.2 Å². The van der Waals surface area contributed by atoms with E-state index in [2.05, 4.69) is 6.07 Å². The molecule has 5 nitrogen and oxygen atoms in total. The highest BCUT2D eigenvalue weighted by atomic mass is 32.2. The number of hydrogen-bond acceptors (Lipinski definition) is 5. The van der Waals surface area contributed by atoms with Crippen molar-refractivity contribution in [1.82, 2.24) is 0 Å². The van der Waals surface area contributed by atoms with Crippen LogP contribution >= 0.6 is 11.8 Å². The molecule has 2 aromatic rings. The molecule has 0 aliphatic rings. The van der Waals surface area contributed by atoms with E-state index in [0.29, 0.717) is 21.6 Å². The molecule has 0 spiro atoms. The zero-order valence-corrected chi connectivity index (χ0v) is 13.0. The van der Waals surface area contributed by atoms with Gasteiger partial charge in [0.25, 0.3) is 0 Å². The second-order valence-corrected chi connectivity index (χ2v) is 5.61. The predicted octanol–water partition coefficient (Wildman–Crippen LogP) is 2.49. The van der Waals surface area contributed by atoms with Crippen LogP contribution in [0, 0.1) is 11.3 Å². The molecule has 2 aromatic carbocycles. The van der Waals surface area contributed by atoms with Gasteiger partial charge in [-0.3, -0.25) is 4.79 Å². The minimum absolute atomic E-state index is 0.0113. The first-order chi connectivity index (χ1) is 11.1. The lowest BCUT2D eigenvalue weighted by atomic mass is 10.1. The van der Waals surface area contributed by atoms with Gasteiger partial charge in [-0.25, -0.2) is 4.79 Å². The van der Waals surface area contributed by atoms with E-state index in [1.54, 1.807) is 48.5 Å². The van der Waals surface area contributed by atoms with Crippen molar-refractivity contribution >= 4 is 23.6 Å². The minimum Gasteiger partial charge on any atom is -0.457 e. The smallest absolute Gasteiger partial charge is 0.339 e. The van der Waals surface area contributed by atoms with Crippen LogP contribution in [0.4, 0.5) is 0 Å². The Morgan fingerprint density at radius 1 is 1.13 bits per heavy atom. The number of carbonyl (C=O) groups is 2. The van der Waals surface area contributed by atoms with Crippen molar-refractivity contribution in [3.63, 3.8) is 0 Å². The highest BCUT2D eigenvalue weighted by molar-refractivity contribution is 8.00. The molecule has 0 aromatic heterocycles. The Labute approximate surface area is 138 Å². The molecule has 0 bridgehead atoms. The number of benzene rings is 2. The lowest BCUT2D eigenvalue weighted by Gasteiger charge is -2.09. The molecule has 6 heteroatoms. The average molecular weight is 326 g/mol. The predicted molar refractivity (Wildman–Crippen MR) is 86.6 cm³/mol. The van der Waals surface area contributed by atoms with Crippen molar-refractivity contribution in [2.45, 2.75) is 11.5 Å². The van der Waals surface area contributed by atoms with Crippen molar-refractivity contribution in [3.8, 4) is 6.07 Å². The van der Waals surface area contributed by atoms with E-state index in [1.807, 2.05) is 0 Å². The summed E-state index contributed by atoms with van der Waals surface area (Å²) in [5.41, 5.74) is 6.61. The highest BCUT2D eigenvalue weighted by Crippen LogP contribution is 2.23. The molecule has 23 heavy (non-hydrogen) atoms. The second kappa shape index (κ2) is 8.01. The first kappa shape index (κ1) is 16.6. The molecular formula is C17H14N2O3S. The molecule has 0 saturated carbocycles. The third-order valence-corrected chi connectivity index (χ3v) is 4.07.